The molecule has 1 fully saturated rings. The molecule has 0 bridgehead atoms. The Kier molecular flexibility index (Phi) is 6.39. The molecule has 1 unspecified atom stereocenters. The van der Waals surface area contributed by atoms with E-state index in [-0.39, 0.29) is 0 Å². The Morgan fingerprint density at radius 2 is 2.12 bits per heavy atom. The van der Waals surface area contributed by atoms with E-state index in [4.69, 9.17) is 4.74 Å². The second-order valence-electron chi connectivity index (χ2n) is 6.61. The minimum absolute atomic E-state index is 0.463. The highest BCUT2D eigenvalue weighted by Crippen LogP contribution is 2.19. The zero-order valence-electron chi connectivity index (χ0n) is 14.8. The first-order chi connectivity index (χ1) is 12.2. The third-order valence-corrected chi connectivity index (χ3v) is 4.79. The summed E-state index contributed by atoms with van der Waals surface area (Å²) in [5.41, 5.74) is 2.16. The number of likely N-dealkylation sites (tertiary alicyclic amines) is 1. The van der Waals surface area contributed by atoms with E-state index in [1.54, 1.807) is 7.11 Å². The third kappa shape index (κ3) is 5.26. The number of hydrogen-bond donors (Lipinski definition) is 2. The predicted octanol–water partition coefficient (Wildman–Crippen LogP) is 2.38. The van der Waals surface area contributed by atoms with E-state index in [9.17, 15) is 5.11 Å². The van der Waals surface area contributed by atoms with E-state index in [1.807, 2.05) is 42.7 Å². The minimum Gasteiger partial charge on any atom is -0.497 e. The normalized spacial score (nSPS) is 17.4. The van der Waals surface area contributed by atoms with Gasteiger partial charge in [0.2, 0.25) is 0 Å². The van der Waals surface area contributed by atoms with Crippen LogP contribution in [0.15, 0.2) is 48.8 Å². The van der Waals surface area contributed by atoms with Crippen LogP contribution >= 0.6 is 0 Å². The Hall–Kier alpha value is -1.95. The molecule has 1 aliphatic rings. The maximum Gasteiger partial charge on any atom is 0.119 e. The van der Waals surface area contributed by atoms with Gasteiger partial charge in [-0.25, -0.2) is 0 Å². The van der Waals surface area contributed by atoms with Crippen molar-refractivity contribution in [3.8, 4) is 5.75 Å². The Bertz CT molecular complexity index is 642. The average Bonchev–Trinajstić information content (AvgIpc) is 2.68. The van der Waals surface area contributed by atoms with Gasteiger partial charge in [0.1, 0.15) is 5.75 Å². The fraction of sp³-hybridized carbons (Fsp3) is 0.450. The predicted molar refractivity (Wildman–Crippen MR) is 98.5 cm³/mol. The molecule has 2 aromatic rings. The topological polar surface area (TPSA) is 57.6 Å². The van der Waals surface area contributed by atoms with Gasteiger partial charge in [0.05, 0.1) is 13.2 Å². The summed E-state index contributed by atoms with van der Waals surface area (Å²) >= 11 is 0. The maximum absolute atomic E-state index is 10.4. The summed E-state index contributed by atoms with van der Waals surface area (Å²) in [5.74, 6) is 0.778. The van der Waals surface area contributed by atoms with Crippen LogP contribution in [-0.4, -0.2) is 47.8 Å². The summed E-state index contributed by atoms with van der Waals surface area (Å²) in [6.07, 6.45) is 5.45. The van der Waals surface area contributed by atoms with Gasteiger partial charge in [-0.3, -0.25) is 9.88 Å². The lowest BCUT2D eigenvalue weighted by Gasteiger charge is -2.32. The van der Waals surface area contributed by atoms with Crippen LogP contribution in [0.1, 0.15) is 30.1 Å². The van der Waals surface area contributed by atoms with E-state index >= 15 is 0 Å². The second-order valence-corrected chi connectivity index (χ2v) is 6.61. The number of rotatable bonds is 7. The molecular formula is C20H27N3O2. The highest BCUT2D eigenvalue weighted by atomic mass is 16.5. The number of nitrogens with zero attached hydrogens (tertiary/aromatic N) is 2. The van der Waals surface area contributed by atoms with Crippen molar-refractivity contribution in [2.24, 2.45) is 0 Å². The Morgan fingerprint density at radius 1 is 1.28 bits per heavy atom. The zero-order valence-corrected chi connectivity index (χ0v) is 14.8. The van der Waals surface area contributed by atoms with Crippen molar-refractivity contribution in [2.75, 3.05) is 26.7 Å². The number of piperidine rings is 1. The molecule has 2 heterocycles. The zero-order chi connectivity index (χ0) is 17.5. The van der Waals surface area contributed by atoms with E-state index in [1.165, 1.54) is 5.56 Å². The summed E-state index contributed by atoms with van der Waals surface area (Å²) in [7, 11) is 1.64. The Labute approximate surface area is 149 Å². The third-order valence-electron chi connectivity index (χ3n) is 4.79. The molecule has 5 heteroatoms. The van der Waals surface area contributed by atoms with Crippen molar-refractivity contribution in [3.63, 3.8) is 0 Å². The number of aromatic nitrogens is 1. The lowest BCUT2D eigenvalue weighted by atomic mass is 10.0. The molecule has 1 saturated heterocycles. The molecule has 1 atom stereocenters. The Morgan fingerprint density at radius 3 is 2.84 bits per heavy atom. The first-order valence-electron chi connectivity index (χ1n) is 8.91. The first kappa shape index (κ1) is 17.9. The lowest BCUT2D eigenvalue weighted by molar-refractivity contribution is 0.149. The van der Waals surface area contributed by atoms with E-state index in [2.05, 4.69) is 21.3 Å². The number of methoxy groups -OCH3 is 1. The molecule has 0 spiro atoms. The van der Waals surface area contributed by atoms with Crippen LogP contribution in [0, 0.1) is 0 Å². The first-order valence-corrected chi connectivity index (χ1v) is 8.91. The van der Waals surface area contributed by atoms with Crippen LogP contribution in [-0.2, 0) is 6.54 Å². The Balaban J connectivity index is 1.41. The number of hydrogen-bond acceptors (Lipinski definition) is 5. The van der Waals surface area contributed by atoms with Crippen molar-refractivity contribution in [1.29, 1.82) is 0 Å². The molecule has 0 radical (unpaired) electrons. The molecule has 0 aliphatic carbocycles. The van der Waals surface area contributed by atoms with E-state index < -0.39 is 6.10 Å². The summed E-state index contributed by atoms with van der Waals surface area (Å²) in [6, 6.07) is 12.2. The highest BCUT2D eigenvalue weighted by Gasteiger charge is 2.20. The largest absolute Gasteiger partial charge is 0.497 e. The minimum atomic E-state index is -0.511. The monoisotopic (exact) mass is 341 g/mol. The molecule has 25 heavy (non-hydrogen) atoms. The fourth-order valence-corrected chi connectivity index (χ4v) is 3.29. The van der Waals surface area contributed by atoms with Crippen molar-refractivity contribution in [2.45, 2.75) is 31.5 Å². The van der Waals surface area contributed by atoms with Gasteiger partial charge in [-0.05, 0) is 55.3 Å². The summed E-state index contributed by atoms with van der Waals surface area (Å²) in [4.78, 5) is 6.65. The standard InChI is InChI=1S/C20H27N3O2/c1-25-19-6-2-5-17(12-19)20(24)14-22-18-7-10-23(11-8-18)15-16-4-3-9-21-13-16/h2-6,9,12-13,18,20,22,24H,7-8,10-11,14-15H2,1H3. The average molecular weight is 341 g/mol. The van der Waals surface area contributed by atoms with Gasteiger partial charge in [-0.2, -0.15) is 0 Å². The second kappa shape index (κ2) is 8.94. The van der Waals surface area contributed by atoms with Gasteiger partial charge >= 0.3 is 0 Å². The van der Waals surface area contributed by atoms with Crippen LogP contribution in [0.2, 0.25) is 0 Å². The smallest absolute Gasteiger partial charge is 0.119 e. The molecule has 1 aliphatic heterocycles. The molecule has 134 valence electrons. The van der Waals surface area contributed by atoms with Crippen LogP contribution < -0.4 is 10.1 Å². The SMILES string of the molecule is COc1cccc(C(O)CNC2CCN(Cc3cccnc3)CC2)c1. The quantitative estimate of drug-likeness (QED) is 0.810. The number of aliphatic hydroxyl groups is 1. The summed E-state index contributed by atoms with van der Waals surface area (Å²) in [6.45, 7) is 3.68. The molecule has 0 amide bonds. The summed E-state index contributed by atoms with van der Waals surface area (Å²) in [5, 5.41) is 13.9. The molecule has 2 N–H and O–H groups in total. The number of ether oxygens (including phenoxy) is 1. The van der Waals surface area contributed by atoms with Crippen LogP contribution in [0.4, 0.5) is 0 Å². The summed E-state index contributed by atoms with van der Waals surface area (Å²) < 4.78 is 5.22. The molecule has 5 nitrogen and oxygen atoms in total. The fourth-order valence-electron chi connectivity index (χ4n) is 3.29. The van der Waals surface area contributed by atoms with E-state index in [0.717, 1.165) is 43.8 Å². The van der Waals surface area contributed by atoms with E-state index in [0.29, 0.717) is 12.6 Å². The van der Waals surface area contributed by atoms with Gasteiger partial charge in [0, 0.05) is 31.5 Å². The lowest BCUT2D eigenvalue weighted by Crippen LogP contribution is -2.43. The van der Waals surface area contributed by atoms with Crippen LogP contribution in [0.3, 0.4) is 0 Å². The van der Waals surface area contributed by atoms with Crippen molar-refractivity contribution in [3.05, 3.63) is 59.9 Å². The number of benzene rings is 1. The van der Waals surface area contributed by atoms with Crippen molar-refractivity contribution >= 4 is 0 Å². The molecular weight excluding hydrogens is 314 g/mol. The number of aliphatic hydroxyl groups excluding tert-OH is 1. The maximum atomic E-state index is 10.4. The van der Waals surface area contributed by atoms with Gasteiger partial charge in [0.25, 0.3) is 0 Å². The van der Waals surface area contributed by atoms with Crippen molar-refractivity contribution in [1.82, 2.24) is 15.2 Å². The molecule has 1 aromatic heterocycles. The van der Waals surface area contributed by atoms with Gasteiger partial charge < -0.3 is 15.2 Å². The highest BCUT2D eigenvalue weighted by molar-refractivity contribution is 5.29. The van der Waals surface area contributed by atoms with Crippen molar-refractivity contribution < 1.29 is 9.84 Å². The molecule has 3 rings (SSSR count). The number of nitrogens with one attached hydrogen (secondary N) is 1. The van der Waals surface area contributed by atoms with Crippen LogP contribution in [0.5, 0.6) is 5.75 Å². The van der Waals surface area contributed by atoms with Gasteiger partial charge in [-0.1, -0.05) is 18.2 Å². The molecule has 0 saturated carbocycles. The molecule has 1 aromatic carbocycles. The van der Waals surface area contributed by atoms with Crippen LogP contribution in [0.25, 0.3) is 0 Å². The van der Waals surface area contributed by atoms with Gasteiger partial charge in [0.15, 0.2) is 0 Å². The van der Waals surface area contributed by atoms with Gasteiger partial charge in [-0.15, -0.1) is 0 Å². The number of pyridine rings is 1.